The summed E-state index contributed by atoms with van der Waals surface area (Å²) < 4.78 is 3.50. The van der Waals surface area contributed by atoms with Crippen LogP contribution in [0.2, 0.25) is 0 Å². The number of rotatable bonds is 3. The van der Waals surface area contributed by atoms with Gasteiger partial charge in [-0.3, -0.25) is 13.9 Å². The summed E-state index contributed by atoms with van der Waals surface area (Å²) in [4.78, 5) is 39.1. The fourth-order valence-electron chi connectivity index (χ4n) is 5.39. The highest BCUT2D eigenvalue weighted by atomic mass is 32.1. The number of likely N-dealkylation sites (tertiary alicyclic amines) is 1. The molecule has 1 amide bonds. The first-order valence-corrected chi connectivity index (χ1v) is 12.6. The number of hydrogen-bond acceptors (Lipinski definition) is 6. The zero-order valence-corrected chi connectivity index (χ0v) is 20.7. The Morgan fingerprint density at radius 1 is 1.18 bits per heavy atom. The van der Waals surface area contributed by atoms with E-state index in [9.17, 15) is 9.59 Å². The number of piperidine rings is 1. The molecule has 176 valence electrons. The molecule has 0 N–H and O–H groups in total. The van der Waals surface area contributed by atoms with Crippen molar-refractivity contribution < 1.29 is 4.79 Å². The Kier molecular flexibility index (Phi) is 5.34. The third kappa shape index (κ3) is 4.07. The van der Waals surface area contributed by atoms with Gasteiger partial charge in [0, 0.05) is 50.6 Å². The fourth-order valence-corrected chi connectivity index (χ4v) is 5.92. The molecule has 2 fully saturated rings. The normalized spacial score (nSPS) is 21.5. The first kappa shape index (κ1) is 22.1. The van der Waals surface area contributed by atoms with Crippen LogP contribution in [0.25, 0.3) is 11.2 Å². The number of nitrogens with zero attached hydrogens (tertiary/aromatic N) is 6. The smallest absolute Gasteiger partial charge is 0.330 e. The number of aromatic nitrogens is 4. The van der Waals surface area contributed by atoms with E-state index in [0.29, 0.717) is 12.2 Å². The molecular formula is C24H32N6O2S. The molecule has 0 radical (unpaired) electrons. The molecule has 1 atom stereocenters. The molecule has 8 nitrogen and oxygen atoms in total. The largest absolute Gasteiger partial charge is 0.356 e. The van der Waals surface area contributed by atoms with Crippen molar-refractivity contribution in [3.8, 4) is 0 Å². The summed E-state index contributed by atoms with van der Waals surface area (Å²) >= 11 is 1.46. The summed E-state index contributed by atoms with van der Waals surface area (Å²) in [5.41, 5.74) is 3.95. The van der Waals surface area contributed by atoms with Gasteiger partial charge in [0.1, 0.15) is 11.5 Å². The van der Waals surface area contributed by atoms with Crippen LogP contribution in [0, 0.1) is 10.8 Å². The standard InChI is InChI=1S/C24H32N6O2S/c1-23(2,3)13-30-18-6-7-19(26-20(18)27(4)22(30)32)28-10-5-8-24(14-28)9-11-29(15-24)21(31)17-12-33-16-25-17/h6-7,12,16H,5,8-11,13-15H2,1-4H3. The van der Waals surface area contributed by atoms with E-state index in [1.54, 1.807) is 17.1 Å². The Morgan fingerprint density at radius 3 is 2.73 bits per heavy atom. The van der Waals surface area contributed by atoms with Crippen LogP contribution in [0.5, 0.6) is 0 Å². The molecule has 0 aliphatic carbocycles. The van der Waals surface area contributed by atoms with Crippen molar-refractivity contribution in [3.63, 3.8) is 0 Å². The molecule has 9 heteroatoms. The number of aryl methyl sites for hydroxylation is 1. The maximum Gasteiger partial charge on any atom is 0.330 e. The molecule has 2 aliphatic heterocycles. The van der Waals surface area contributed by atoms with Crippen molar-refractivity contribution in [1.82, 2.24) is 24.0 Å². The van der Waals surface area contributed by atoms with E-state index >= 15 is 0 Å². The maximum absolute atomic E-state index is 12.9. The number of carbonyl (C=O) groups excluding carboxylic acids is 1. The highest BCUT2D eigenvalue weighted by Gasteiger charge is 2.43. The van der Waals surface area contributed by atoms with Gasteiger partial charge in [-0.15, -0.1) is 11.3 Å². The van der Waals surface area contributed by atoms with Crippen molar-refractivity contribution in [2.45, 2.75) is 46.6 Å². The number of thiazole rings is 1. The van der Waals surface area contributed by atoms with Gasteiger partial charge in [0.05, 0.1) is 11.0 Å². The lowest BCUT2D eigenvalue weighted by Crippen LogP contribution is -2.45. The number of carbonyl (C=O) groups is 1. The molecule has 33 heavy (non-hydrogen) atoms. The van der Waals surface area contributed by atoms with E-state index in [0.717, 1.165) is 62.4 Å². The Balaban J connectivity index is 1.39. The third-order valence-corrected chi connectivity index (χ3v) is 7.55. The van der Waals surface area contributed by atoms with Gasteiger partial charge >= 0.3 is 5.69 Å². The average Bonchev–Trinajstić information content (AvgIpc) is 3.50. The van der Waals surface area contributed by atoms with E-state index in [4.69, 9.17) is 4.98 Å². The lowest BCUT2D eigenvalue weighted by Gasteiger charge is -2.41. The average molecular weight is 469 g/mol. The monoisotopic (exact) mass is 468 g/mol. The highest BCUT2D eigenvalue weighted by Crippen LogP contribution is 2.40. The molecule has 1 spiro atoms. The molecule has 0 saturated carbocycles. The SMILES string of the molecule is Cn1c(=O)n(CC(C)(C)C)c2ccc(N3CCCC4(CCN(C(=O)c5cscn5)C4)C3)nc21. The molecular weight excluding hydrogens is 436 g/mol. The van der Waals surface area contributed by atoms with E-state index in [1.165, 1.54) is 11.3 Å². The highest BCUT2D eigenvalue weighted by molar-refractivity contribution is 7.07. The lowest BCUT2D eigenvalue weighted by atomic mass is 9.79. The number of fused-ring (bicyclic) bond motifs is 1. The van der Waals surface area contributed by atoms with Gasteiger partial charge in [0.15, 0.2) is 5.65 Å². The number of pyridine rings is 1. The zero-order chi connectivity index (χ0) is 23.4. The first-order chi connectivity index (χ1) is 15.7. The van der Waals surface area contributed by atoms with Gasteiger partial charge in [-0.25, -0.2) is 14.8 Å². The molecule has 5 heterocycles. The first-order valence-electron chi connectivity index (χ1n) is 11.6. The molecule has 2 saturated heterocycles. The topological polar surface area (TPSA) is 76.3 Å². The van der Waals surface area contributed by atoms with Gasteiger partial charge < -0.3 is 9.80 Å². The summed E-state index contributed by atoms with van der Waals surface area (Å²) in [6.45, 7) is 10.4. The van der Waals surface area contributed by atoms with Crippen molar-refractivity contribution >= 4 is 34.2 Å². The molecule has 0 bridgehead atoms. The van der Waals surface area contributed by atoms with Crippen LogP contribution in [0.4, 0.5) is 5.82 Å². The van der Waals surface area contributed by atoms with Crippen molar-refractivity contribution in [1.29, 1.82) is 0 Å². The van der Waals surface area contributed by atoms with E-state index in [2.05, 4.69) is 30.7 Å². The lowest BCUT2D eigenvalue weighted by molar-refractivity contribution is 0.0762. The van der Waals surface area contributed by atoms with Crippen LogP contribution in [-0.4, -0.2) is 56.1 Å². The molecule has 2 aliphatic rings. The van der Waals surface area contributed by atoms with Gasteiger partial charge in [0.2, 0.25) is 0 Å². The quantitative estimate of drug-likeness (QED) is 0.589. The second kappa shape index (κ2) is 7.97. The minimum absolute atomic E-state index is 0.000354. The number of amides is 1. The van der Waals surface area contributed by atoms with Crippen LogP contribution >= 0.6 is 11.3 Å². The number of hydrogen-bond donors (Lipinski definition) is 0. The Morgan fingerprint density at radius 2 is 2.00 bits per heavy atom. The van der Waals surface area contributed by atoms with E-state index in [-0.39, 0.29) is 22.4 Å². The number of anilines is 1. The Hall–Kier alpha value is -2.68. The Bertz CT molecular complexity index is 1240. The van der Waals surface area contributed by atoms with Crippen LogP contribution in [0.15, 0.2) is 27.8 Å². The zero-order valence-electron chi connectivity index (χ0n) is 19.9. The summed E-state index contributed by atoms with van der Waals surface area (Å²) in [6.07, 6.45) is 3.19. The van der Waals surface area contributed by atoms with Gasteiger partial charge in [0.25, 0.3) is 5.91 Å². The third-order valence-electron chi connectivity index (χ3n) is 6.96. The second-order valence-electron chi connectivity index (χ2n) is 10.9. The summed E-state index contributed by atoms with van der Waals surface area (Å²) in [5, 5.41) is 1.83. The molecule has 0 aromatic carbocycles. The van der Waals surface area contributed by atoms with Gasteiger partial charge in [-0.05, 0) is 36.8 Å². The van der Waals surface area contributed by atoms with E-state index < -0.39 is 0 Å². The maximum atomic E-state index is 12.9. The van der Waals surface area contributed by atoms with Crippen molar-refractivity contribution in [3.05, 3.63) is 39.2 Å². The van der Waals surface area contributed by atoms with Crippen molar-refractivity contribution in [2.75, 3.05) is 31.1 Å². The predicted molar refractivity (Wildman–Crippen MR) is 131 cm³/mol. The van der Waals surface area contributed by atoms with Gasteiger partial charge in [-0.2, -0.15) is 0 Å². The van der Waals surface area contributed by atoms with Crippen LogP contribution in [0.1, 0.15) is 50.5 Å². The van der Waals surface area contributed by atoms with Crippen LogP contribution in [0.3, 0.4) is 0 Å². The minimum atomic E-state index is -0.0216. The van der Waals surface area contributed by atoms with E-state index in [1.807, 2.05) is 27.0 Å². The molecule has 5 rings (SSSR count). The second-order valence-corrected chi connectivity index (χ2v) is 11.6. The molecule has 3 aromatic heterocycles. The van der Waals surface area contributed by atoms with Crippen LogP contribution < -0.4 is 10.6 Å². The summed E-state index contributed by atoms with van der Waals surface area (Å²) in [5.74, 6) is 0.953. The fraction of sp³-hybridized carbons (Fsp3) is 0.583. The summed E-state index contributed by atoms with van der Waals surface area (Å²) in [7, 11) is 1.80. The number of imidazole rings is 1. The van der Waals surface area contributed by atoms with Crippen LogP contribution in [-0.2, 0) is 13.6 Å². The molecule has 3 aromatic rings. The molecule has 1 unspecified atom stereocenters. The Labute approximate surface area is 197 Å². The summed E-state index contributed by atoms with van der Waals surface area (Å²) in [6, 6.07) is 4.09. The van der Waals surface area contributed by atoms with Crippen molar-refractivity contribution in [2.24, 2.45) is 17.9 Å². The van der Waals surface area contributed by atoms with Gasteiger partial charge in [-0.1, -0.05) is 20.8 Å². The minimum Gasteiger partial charge on any atom is -0.356 e. The predicted octanol–water partition coefficient (Wildman–Crippen LogP) is 3.37.